The van der Waals surface area contributed by atoms with Gasteiger partial charge in [-0.3, -0.25) is 0 Å². The predicted molar refractivity (Wildman–Crippen MR) is 52.2 cm³/mol. The van der Waals surface area contributed by atoms with Crippen molar-refractivity contribution in [2.75, 3.05) is 0 Å². The first kappa shape index (κ1) is 10.2. The fourth-order valence-corrected chi connectivity index (χ4v) is 1.41. The van der Waals surface area contributed by atoms with Crippen LogP contribution in [0.2, 0.25) is 0 Å². The van der Waals surface area contributed by atoms with Gasteiger partial charge in [-0.2, -0.15) is 0 Å². The van der Waals surface area contributed by atoms with E-state index in [1.807, 2.05) is 29.0 Å². The van der Waals surface area contributed by atoms with Crippen LogP contribution in [0.25, 0.3) is 0 Å². The first-order chi connectivity index (χ1) is 6.33. The van der Waals surface area contributed by atoms with E-state index in [1.54, 1.807) is 0 Å². The summed E-state index contributed by atoms with van der Waals surface area (Å²) in [6, 6.07) is 0. The Balaban J connectivity index is 2.06. The van der Waals surface area contributed by atoms with E-state index in [0.717, 1.165) is 6.54 Å². The van der Waals surface area contributed by atoms with Crippen molar-refractivity contribution in [2.24, 2.45) is 7.05 Å². The van der Waals surface area contributed by atoms with E-state index in [-0.39, 0.29) is 0 Å². The average molecular weight is 182 g/mol. The highest BCUT2D eigenvalue weighted by Gasteiger charge is 2.00. The molecule has 1 rings (SSSR count). The van der Waals surface area contributed by atoms with E-state index in [4.69, 9.17) is 0 Å². The Hall–Kier alpha value is -0.860. The van der Waals surface area contributed by atoms with Crippen molar-refractivity contribution < 1.29 is 4.57 Å². The van der Waals surface area contributed by atoms with Crippen LogP contribution in [0.3, 0.4) is 0 Å². The van der Waals surface area contributed by atoms with Gasteiger partial charge in [-0.25, -0.2) is 4.57 Å². The quantitative estimate of drug-likeness (QED) is 0.484. The minimum atomic E-state index is 1.06. The smallest absolute Gasteiger partial charge is 0.240 e. The lowest BCUT2D eigenvalue weighted by Crippen LogP contribution is -2.23. The van der Waals surface area contributed by atoms with Gasteiger partial charge >= 0.3 is 0 Å². The first-order valence-electron chi connectivity index (χ1n) is 5.20. The van der Waals surface area contributed by atoms with Crippen LogP contribution in [0.1, 0.15) is 39.0 Å². The molecule has 0 fully saturated rings. The van der Waals surface area contributed by atoms with Crippen LogP contribution in [-0.2, 0) is 13.6 Å². The normalized spacial score (nSPS) is 10.6. The van der Waals surface area contributed by atoms with Crippen molar-refractivity contribution in [1.29, 1.82) is 0 Å². The van der Waals surface area contributed by atoms with Crippen molar-refractivity contribution in [1.82, 2.24) is 9.78 Å². The monoisotopic (exact) mass is 182 g/mol. The van der Waals surface area contributed by atoms with Crippen molar-refractivity contribution >= 4 is 0 Å². The van der Waals surface area contributed by atoms with Gasteiger partial charge in [0, 0.05) is 5.10 Å². The molecule has 3 heteroatoms. The molecule has 0 saturated carbocycles. The maximum atomic E-state index is 4.21. The number of unbranched alkanes of at least 4 members (excludes halogenated alkanes) is 4. The fraction of sp³-hybridized carbons (Fsp3) is 0.800. The molecule has 0 unspecified atom stereocenters. The third-order valence-electron chi connectivity index (χ3n) is 2.19. The number of aromatic nitrogens is 3. The maximum Gasteiger partial charge on any atom is 0.264 e. The summed E-state index contributed by atoms with van der Waals surface area (Å²) in [7, 11) is 2.00. The molecule has 1 aromatic rings. The van der Waals surface area contributed by atoms with E-state index in [0.29, 0.717) is 0 Å². The highest BCUT2D eigenvalue weighted by atomic mass is 15.3. The molecule has 13 heavy (non-hydrogen) atoms. The number of rotatable bonds is 6. The van der Waals surface area contributed by atoms with Crippen molar-refractivity contribution in [3.63, 3.8) is 0 Å². The zero-order chi connectivity index (χ0) is 9.52. The van der Waals surface area contributed by atoms with Gasteiger partial charge in [-0.15, -0.1) is 4.68 Å². The van der Waals surface area contributed by atoms with Gasteiger partial charge in [0.2, 0.25) is 6.33 Å². The minimum Gasteiger partial charge on any atom is -0.240 e. The lowest BCUT2D eigenvalue weighted by molar-refractivity contribution is -0.672. The van der Waals surface area contributed by atoms with Gasteiger partial charge in [0.05, 0.1) is 7.05 Å². The second-order valence-electron chi connectivity index (χ2n) is 3.59. The van der Waals surface area contributed by atoms with Crippen LogP contribution in [0.15, 0.2) is 12.7 Å². The summed E-state index contributed by atoms with van der Waals surface area (Å²) in [5.41, 5.74) is 0. The largest absolute Gasteiger partial charge is 0.264 e. The molecule has 1 aromatic heterocycles. The number of nitrogens with zero attached hydrogens (tertiary/aromatic N) is 3. The summed E-state index contributed by atoms with van der Waals surface area (Å²) < 4.78 is 3.98. The van der Waals surface area contributed by atoms with E-state index in [9.17, 15) is 0 Å². The molecular formula is C10H20N3+. The van der Waals surface area contributed by atoms with E-state index < -0.39 is 0 Å². The molecule has 0 saturated heterocycles. The summed E-state index contributed by atoms with van der Waals surface area (Å²) in [4.78, 5) is 0. The van der Waals surface area contributed by atoms with Gasteiger partial charge in [-0.1, -0.05) is 32.6 Å². The molecule has 0 aliphatic carbocycles. The standard InChI is InChI=1S/C10H20N3/c1-3-4-5-6-7-8-13-10-12(2)9-11-13/h9-10H,3-8H2,1-2H3/q+1. The van der Waals surface area contributed by atoms with Crippen LogP contribution >= 0.6 is 0 Å². The summed E-state index contributed by atoms with van der Waals surface area (Å²) in [6.07, 6.45) is 10.5. The summed E-state index contributed by atoms with van der Waals surface area (Å²) in [5.74, 6) is 0. The molecule has 0 amide bonds. The van der Waals surface area contributed by atoms with Gasteiger partial charge in [0.1, 0.15) is 6.54 Å². The highest BCUT2D eigenvalue weighted by molar-refractivity contribution is 4.47. The predicted octanol–water partition coefficient (Wildman–Crippen LogP) is 1.68. The van der Waals surface area contributed by atoms with Crippen LogP contribution in [-0.4, -0.2) is 9.78 Å². The Morgan fingerprint density at radius 2 is 2.00 bits per heavy atom. The third kappa shape index (κ3) is 4.06. The number of aryl methyl sites for hydroxylation is 2. The van der Waals surface area contributed by atoms with E-state index in [1.165, 1.54) is 32.1 Å². The molecule has 1 heterocycles. The van der Waals surface area contributed by atoms with Gasteiger partial charge in [0.15, 0.2) is 0 Å². The number of hydrogen-bond acceptors (Lipinski definition) is 1. The van der Waals surface area contributed by atoms with Crippen LogP contribution in [0.4, 0.5) is 0 Å². The molecule has 3 nitrogen and oxygen atoms in total. The SMILES string of the molecule is CCCCCCCn1c[n+](C)cn1. The molecule has 0 aliphatic heterocycles. The van der Waals surface area contributed by atoms with Gasteiger partial charge in [-0.05, 0) is 6.42 Å². The lowest BCUT2D eigenvalue weighted by atomic mass is 10.1. The summed E-state index contributed by atoms with van der Waals surface area (Å²) in [5, 5.41) is 4.21. The maximum absolute atomic E-state index is 4.21. The minimum absolute atomic E-state index is 1.06. The molecule has 0 atom stereocenters. The Kier molecular flexibility index (Phi) is 4.50. The van der Waals surface area contributed by atoms with Crippen molar-refractivity contribution in [3.05, 3.63) is 12.7 Å². The first-order valence-corrected chi connectivity index (χ1v) is 5.20. The topological polar surface area (TPSA) is 21.7 Å². The molecule has 0 spiro atoms. The van der Waals surface area contributed by atoms with Crippen molar-refractivity contribution in [3.8, 4) is 0 Å². The summed E-state index contributed by atoms with van der Waals surface area (Å²) >= 11 is 0. The van der Waals surface area contributed by atoms with Gasteiger partial charge in [0.25, 0.3) is 6.33 Å². The second kappa shape index (κ2) is 5.73. The number of hydrogen-bond donors (Lipinski definition) is 0. The molecular weight excluding hydrogens is 162 g/mol. The van der Waals surface area contributed by atoms with Crippen LogP contribution < -0.4 is 4.57 Å². The average Bonchev–Trinajstić information content (AvgIpc) is 2.51. The van der Waals surface area contributed by atoms with Crippen LogP contribution in [0, 0.1) is 0 Å². The summed E-state index contributed by atoms with van der Waals surface area (Å²) in [6.45, 7) is 3.30. The second-order valence-corrected chi connectivity index (χ2v) is 3.59. The Bertz CT molecular complexity index is 230. The molecule has 0 aromatic carbocycles. The molecule has 0 bridgehead atoms. The van der Waals surface area contributed by atoms with Crippen LogP contribution in [0.5, 0.6) is 0 Å². The molecule has 74 valence electrons. The molecule has 0 radical (unpaired) electrons. The van der Waals surface area contributed by atoms with E-state index in [2.05, 4.69) is 12.0 Å². The molecule has 0 aliphatic rings. The highest BCUT2D eigenvalue weighted by Crippen LogP contribution is 2.02. The lowest BCUT2D eigenvalue weighted by Gasteiger charge is -1.95. The Morgan fingerprint density at radius 1 is 1.23 bits per heavy atom. The molecule has 0 N–H and O–H groups in total. The third-order valence-corrected chi connectivity index (χ3v) is 2.19. The van der Waals surface area contributed by atoms with Crippen molar-refractivity contribution in [2.45, 2.75) is 45.6 Å². The van der Waals surface area contributed by atoms with E-state index >= 15 is 0 Å². The zero-order valence-electron chi connectivity index (χ0n) is 8.74. The van der Waals surface area contributed by atoms with Gasteiger partial charge < -0.3 is 0 Å². The Morgan fingerprint density at radius 3 is 2.62 bits per heavy atom. The Labute approximate surface area is 80.4 Å². The fourth-order valence-electron chi connectivity index (χ4n) is 1.41. The zero-order valence-corrected chi connectivity index (χ0v) is 8.74.